The molecular formula is C27H19Cl5FN3Na2O5. The van der Waals surface area contributed by atoms with E-state index in [-0.39, 0.29) is 84.4 Å². The molecular weight excluding hydrogens is 689 g/mol. The van der Waals surface area contributed by atoms with Gasteiger partial charge in [0, 0.05) is 12.0 Å². The van der Waals surface area contributed by atoms with Crippen LogP contribution in [0.15, 0.2) is 77.2 Å². The van der Waals surface area contributed by atoms with E-state index in [1.54, 1.807) is 54.6 Å². The molecule has 0 spiro atoms. The van der Waals surface area contributed by atoms with Crippen molar-refractivity contribution in [2.75, 3.05) is 7.15 Å². The molecule has 5 aromatic rings. The number of fused-ring (bicyclic) bond motifs is 1. The normalized spacial score (nSPS) is 9.60. The number of carbonyl (C=O) groups is 2. The summed E-state index contributed by atoms with van der Waals surface area (Å²) in [5.74, 6) is 0.340. The Balaban J connectivity index is 0. The molecule has 2 aromatic carbocycles. The number of ketones is 1. The fourth-order valence-corrected chi connectivity index (χ4v) is 4.08. The first kappa shape index (κ1) is 39.7. The Hall–Kier alpha value is -1.31. The molecule has 3 heterocycles. The molecule has 0 amide bonds. The second-order valence-electron chi connectivity index (χ2n) is 7.31. The minimum atomic E-state index is -1.00. The Bertz CT molecular complexity index is 1640. The third-order valence-corrected chi connectivity index (χ3v) is 6.19. The Morgan fingerprint density at radius 1 is 0.930 bits per heavy atom. The number of halogens is 6. The summed E-state index contributed by atoms with van der Waals surface area (Å²) in [4.78, 5) is 35.6. The molecule has 0 saturated carbocycles. The topological polar surface area (TPSA) is 118 Å². The third-order valence-electron chi connectivity index (χ3n) is 4.78. The van der Waals surface area contributed by atoms with Crippen molar-refractivity contribution >= 4 is 81.5 Å². The molecule has 8 nitrogen and oxygen atoms in total. The van der Waals surface area contributed by atoms with Crippen molar-refractivity contribution in [3.05, 3.63) is 109 Å². The minimum absolute atomic E-state index is 0. The zero-order chi connectivity index (χ0) is 31.1. The summed E-state index contributed by atoms with van der Waals surface area (Å²) >= 11 is 29.4. The number of hydrogen-bond acceptors (Lipinski definition) is 8. The van der Waals surface area contributed by atoms with Crippen molar-refractivity contribution in [1.29, 1.82) is 0 Å². The summed E-state index contributed by atoms with van der Waals surface area (Å²) in [6.07, 6.45) is 0.146. The predicted molar refractivity (Wildman–Crippen MR) is 156 cm³/mol. The van der Waals surface area contributed by atoms with Crippen LogP contribution in [0.2, 0.25) is 25.5 Å². The number of alkyl halides is 1. The predicted octanol–water partition coefficient (Wildman–Crippen LogP) is 1.80. The maximum absolute atomic E-state index is 12.1. The van der Waals surface area contributed by atoms with Crippen LogP contribution in [0, 0.1) is 0 Å². The first-order chi connectivity index (χ1) is 20.1. The molecule has 0 unspecified atom stereocenters. The van der Waals surface area contributed by atoms with Gasteiger partial charge >= 0.3 is 59.1 Å². The van der Waals surface area contributed by atoms with Gasteiger partial charge in [-0.2, -0.15) is 4.98 Å². The van der Waals surface area contributed by atoms with E-state index >= 15 is 0 Å². The Morgan fingerprint density at radius 2 is 1.49 bits per heavy atom. The number of carbonyl (C=O) groups excluding carboxylic acids is 2. The number of oxazole rings is 1. The maximum Gasteiger partial charge on any atom is 1.00 e. The Kier molecular flexibility index (Phi) is 20.5. The molecule has 0 bridgehead atoms. The number of benzene rings is 2. The average molecular weight is 709 g/mol. The molecule has 0 aliphatic heterocycles. The van der Waals surface area contributed by atoms with E-state index in [1.807, 2.05) is 18.2 Å². The van der Waals surface area contributed by atoms with Gasteiger partial charge in [-0.05, 0) is 48.0 Å². The summed E-state index contributed by atoms with van der Waals surface area (Å²) < 4.78 is 21.0. The van der Waals surface area contributed by atoms with Crippen molar-refractivity contribution in [3.8, 4) is 11.5 Å². The SMILES string of the molecule is Clc1ccc2nc(-c3ccccc3Cl)oc2n1.O=C(Cc1ccc(Cl)nc1Cl)c1ccccc1Cl.O=CO[O-].[2H]CF.[H-].[Na+].[Na+]. The van der Waals surface area contributed by atoms with Crippen LogP contribution < -0.4 is 64.4 Å². The molecule has 0 atom stereocenters. The molecule has 43 heavy (non-hydrogen) atoms. The second kappa shape index (κ2) is 22.2. The van der Waals surface area contributed by atoms with Gasteiger partial charge in [0.05, 0.1) is 24.1 Å². The van der Waals surface area contributed by atoms with Crippen LogP contribution >= 0.6 is 58.0 Å². The molecule has 16 heteroatoms. The van der Waals surface area contributed by atoms with Crippen molar-refractivity contribution in [1.82, 2.24) is 15.0 Å². The number of hydrogen-bond donors (Lipinski definition) is 0. The zero-order valence-electron chi connectivity index (χ0n) is 24.6. The molecule has 0 aliphatic carbocycles. The van der Waals surface area contributed by atoms with Gasteiger partial charge in [0.2, 0.25) is 11.6 Å². The van der Waals surface area contributed by atoms with Crippen molar-refractivity contribution in [2.24, 2.45) is 0 Å². The van der Waals surface area contributed by atoms with Gasteiger partial charge in [-0.3, -0.25) is 14.0 Å². The van der Waals surface area contributed by atoms with Gasteiger partial charge in [0.15, 0.2) is 5.78 Å². The maximum atomic E-state index is 12.1. The number of Topliss-reactive ketones (excluding diaryl/α,β-unsaturated/α-hetero) is 1. The fraction of sp³-hybridized carbons (Fsp3) is 0.0741. The fourth-order valence-electron chi connectivity index (χ4n) is 3.07. The molecule has 5 rings (SSSR count). The Morgan fingerprint density at radius 3 is 2.07 bits per heavy atom. The van der Waals surface area contributed by atoms with Gasteiger partial charge in [-0.25, -0.2) is 9.97 Å². The van der Waals surface area contributed by atoms with Crippen molar-refractivity contribution in [3.63, 3.8) is 0 Å². The van der Waals surface area contributed by atoms with Gasteiger partial charge in [0.25, 0.3) is 6.47 Å². The van der Waals surface area contributed by atoms with Crippen molar-refractivity contribution in [2.45, 2.75) is 6.42 Å². The van der Waals surface area contributed by atoms with E-state index in [1.165, 1.54) is 0 Å². The van der Waals surface area contributed by atoms with Crippen LogP contribution in [0.4, 0.5) is 4.39 Å². The third kappa shape index (κ3) is 13.3. The van der Waals surface area contributed by atoms with Crippen LogP contribution in [0.3, 0.4) is 0 Å². The van der Waals surface area contributed by atoms with Crippen LogP contribution in [-0.2, 0) is 16.1 Å². The molecule has 0 radical (unpaired) electrons. The first-order valence-corrected chi connectivity index (χ1v) is 12.9. The molecule has 0 saturated heterocycles. The van der Waals surface area contributed by atoms with E-state index in [2.05, 4.69) is 19.8 Å². The number of pyridine rings is 2. The molecule has 0 N–H and O–H groups in total. The average Bonchev–Trinajstić information content (AvgIpc) is 3.39. The van der Waals surface area contributed by atoms with Crippen LogP contribution in [0.5, 0.6) is 0 Å². The van der Waals surface area contributed by atoms with Crippen LogP contribution in [0.25, 0.3) is 22.7 Å². The van der Waals surface area contributed by atoms with Gasteiger partial charge in [0.1, 0.15) is 21.0 Å². The smallest absolute Gasteiger partial charge is 1.00 e. The van der Waals surface area contributed by atoms with E-state index < -0.39 is 7.15 Å². The van der Waals surface area contributed by atoms with Gasteiger partial charge < -0.3 is 16.0 Å². The zero-order valence-corrected chi connectivity index (χ0v) is 30.4. The van der Waals surface area contributed by atoms with E-state index in [4.69, 9.17) is 73.8 Å². The van der Waals surface area contributed by atoms with Crippen LogP contribution in [-0.4, -0.2) is 34.4 Å². The van der Waals surface area contributed by atoms with E-state index in [9.17, 15) is 9.18 Å². The number of rotatable bonds is 5. The first-order valence-electron chi connectivity index (χ1n) is 11.7. The number of nitrogens with zero attached hydrogens (tertiary/aromatic N) is 3. The van der Waals surface area contributed by atoms with E-state index in [0.717, 1.165) is 5.56 Å². The molecule has 0 fully saturated rings. The molecule has 3 aromatic heterocycles. The summed E-state index contributed by atoms with van der Waals surface area (Å²) in [6.45, 7) is -0.181. The number of aromatic nitrogens is 3. The molecule has 216 valence electrons. The van der Waals surface area contributed by atoms with Gasteiger partial charge in [-0.1, -0.05) is 88.3 Å². The van der Waals surface area contributed by atoms with Gasteiger partial charge in [-0.15, -0.1) is 0 Å². The van der Waals surface area contributed by atoms with Crippen molar-refractivity contribution < 1.29 is 90.5 Å². The quantitative estimate of drug-likeness (QED) is 0.0678. The Labute approximate surface area is 318 Å². The summed E-state index contributed by atoms with van der Waals surface area (Å²) in [6, 6.07) is 21.0. The summed E-state index contributed by atoms with van der Waals surface area (Å²) in [7, 11) is -1.00. The molecule has 0 aliphatic rings. The van der Waals surface area contributed by atoms with Crippen LogP contribution in [0.1, 0.15) is 18.7 Å². The second-order valence-corrected chi connectivity index (χ2v) is 9.26. The largest absolute Gasteiger partial charge is 1.00 e. The standard InChI is InChI=1S/C13H8Cl3NO.C12H6Cl2N2O.CH3F.CH2O3.2Na.H/c14-10-4-2-1-3-9(10)11(18)7-8-5-6-12(15)17-13(8)16;13-8-4-2-1-3-7(8)11-15-9-5-6-10(14)16-12(9)17-11;1-2;2-1-4-3;;;/h1-6H,7H2;1-6H;1H3;1,3H;;;/q;;;;2*+1;-1/p-1/i;;1D;;;;. The summed E-state index contributed by atoms with van der Waals surface area (Å²) in [5.41, 5.74) is 2.91. The summed E-state index contributed by atoms with van der Waals surface area (Å²) in [5, 5.41) is 10.4. The minimum Gasteiger partial charge on any atom is -1.00 e. The monoisotopic (exact) mass is 706 g/mol. The van der Waals surface area contributed by atoms with E-state index in [0.29, 0.717) is 48.6 Å².